The number of carbonyl (C=O) groups excluding carboxylic acids is 3. The van der Waals surface area contributed by atoms with E-state index >= 15 is 0 Å². The highest BCUT2D eigenvalue weighted by Gasteiger charge is 2.71. The summed E-state index contributed by atoms with van der Waals surface area (Å²) in [6.07, 6.45) is -5.32. The van der Waals surface area contributed by atoms with Gasteiger partial charge in [-0.2, -0.15) is 13.2 Å². The zero-order chi connectivity index (χ0) is 18.1. The Balaban J connectivity index is 2.57. The quantitative estimate of drug-likeness (QED) is 0.845. The second-order valence-corrected chi connectivity index (χ2v) is 4.88. The van der Waals surface area contributed by atoms with Crippen LogP contribution >= 0.6 is 0 Å². The molecule has 1 atom stereocenters. The van der Waals surface area contributed by atoms with Crippen molar-refractivity contribution in [2.24, 2.45) is 0 Å². The normalized spacial score (nSPS) is 20.6. The third-order valence-corrected chi connectivity index (χ3v) is 3.43. The Labute approximate surface area is 134 Å². The fourth-order valence-corrected chi connectivity index (χ4v) is 2.31. The van der Waals surface area contributed by atoms with Gasteiger partial charge in [0.2, 0.25) is 0 Å². The minimum absolute atomic E-state index is 0.123. The standard InChI is InChI=1S/C15H12F3NO5/c1-8-10(12(21)23-2)14(13(22)24-8,15(16,17)18)19-11(20)9-6-4-3-5-7-9/h3-7H,1-2H3,(H,19,20)/t14-/m0/s1. The topological polar surface area (TPSA) is 81.7 Å². The maximum Gasteiger partial charge on any atom is 0.427 e. The molecule has 1 N–H and O–H groups in total. The molecule has 1 heterocycles. The molecule has 6 nitrogen and oxygen atoms in total. The highest BCUT2D eigenvalue weighted by atomic mass is 19.4. The van der Waals surface area contributed by atoms with Crippen molar-refractivity contribution in [3.8, 4) is 0 Å². The Morgan fingerprint density at radius 2 is 1.79 bits per heavy atom. The first-order valence-electron chi connectivity index (χ1n) is 6.61. The average Bonchev–Trinajstić information content (AvgIpc) is 2.78. The van der Waals surface area contributed by atoms with Crippen LogP contribution in [0, 0.1) is 0 Å². The van der Waals surface area contributed by atoms with Crippen molar-refractivity contribution in [1.82, 2.24) is 5.32 Å². The van der Waals surface area contributed by atoms with Gasteiger partial charge in [-0.3, -0.25) is 4.79 Å². The molecule has 9 heteroatoms. The summed E-state index contributed by atoms with van der Waals surface area (Å²) < 4.78 is 49.9. The fraction of sp³-hybridized carbons (Fsp3) is 0.267. The van der Waals surface area contributed by atoms with E-state index in [2.05, 4.69) is 9.47 Å². The van der Waals surface area contributed by atoms with Gasteiger partial charge in [0, 0.05) is 5.56 Å². The van der Waals surface area contributed by atoms with Gasteiger partial charge >= 0.3 is 18.1 Å². The molecule has 0 aliphatic carbocycles. The number of rotatable bonds is 3. The van der Waals surface area contributed by atoms with Gasteiger partial charge in [0.1, 0.15) is 11.3 Å². The molecule has 0 fully saturated rings. The Bertz CT molecular complexity index is 726. The van der Waals surface area contributed by atoms with E-state index in [4.69, 9.17) is 0 Å². The molecule has 0 saturated heterocycles. The fourth-order valence-electron chi connectivity index (χ4n) is 2.31. The van der Waals surface area contributed by atoms with Crippen LogP contribution in [0.2, 0.25) is 0 Å². The summed E-state index contributed by atoms with van der Waals surface area (Å²) in [5.41, 5.74) is -4.86. The Morgan fingerprint density at radius 3 is 2.29 bits per heavy atom. The summed E-state index contributed by atoms with van der Waals surface area (Å²) >= 11 is 0. The molecule has 0 saturated carbocycles. The van der Waals surface area contributed by atoms with Crippen LogP contribution in [0.3, 0.4) is 0 Å². The average molecular weight is 343 g/mol. The van der Waals surface area contributed by atoms with Crippen LogP contribution in [0.1, 0.15) is 17.3 Å². The van der Waals surface area contributed by atoms with Crippen molar-refractivity contribution in [2.75, 3.05) is 7.11 Å². The molecular formula is C15H12F3NO5. The van der Waals surface area contributed by atoms with Crippen LogP contribution in [-0.4, -0.2) is 36.7 Å². The van der Waals surface area contributed by atoms with Crippen LogP contribution < -0.4 is 5.32 Å². The molecule has 1 aliphatic heterocycles. The molecule has 0 spiro atoms. The molecule has 1 amide bonds. The lowest BCUT2D eigenvalue weighted by Crippen LogP contribution is -2.64. The Morgan fingerprint density at radius 1 is 1.21 bits per heavy atom. The molecule has 0 bridgehead atoms. The number of esters is 2. The van der Waals surface area contributed by atoms with E-state index in [1.165, 1.54) is 24.3 Å². The van der Waals surface area contributed by atoms with Crippen molar-refractivity contribution < 1.29 is 37.0 Å². The molecule has 0 aromatic heterocycles. The lowest BCUT2D eigenvalue weighted by atomic mass is 9.89. The van der Waals surface area contributed by atoms with E-state index in [0.717, 1.165) is 14.0 Å². The number of amides is 1. The molecule has 2 rings (SSSR count). The van der Waals surface area contributed by atoms with E-state index in [-0.39, 0.29) is 5.56 Å². The molecular weight excluding hydrogens is 331 g/mol. The lowest BCUT2D eigenvalue weighted by molar-refractivity contribution is -0.196. The van der Waals surface area contributed by atoms with E-state index in [0.29, 0.717) is 0 Å². The van der Waals surface area contributed by atoms with E-state index < -0.39 is 40.9 Å². The number of hydrogen-bond acceptors (Lipinski definition) is 5. The van der Waals surface area contributed by atoms with Crippen molar-refractivity contribution in [3.05, 3.63) is 47.2 Å². The van der Waals surface area contributed by atoms with Gasteiger partial charge in [-0.25, -0.2) is 9.59 Å². The van der Waals surface area contributed by atoms with Gasteiger partial charge in [-0.15, -0.1) is 0 Å². The van der Waals surface area contributed by atoms with Gasteiger partial charge in [0.25, 0.3) is 11.4 Å². The Hall–Kier alpha value is -2.84. The lowest BCUT2D eigenvalue weighted by Gasteiger charge is -2.30. The van der Waals surface area contributed by atoms with Crippen LogP contribution in [0.5, 0.6) is 0 Å². The molecule has 1 aromatic carbocycles. The molecule has 1 aromatic rings. The van der Waals surface area contributed by atoms with Crippen molar-refractivity contribution in [2.45, 2.75) is 18.6 Å². The van der Waals surface area contributed by atoms with Gasteiger partial charge < -0.3 is 14.8 Å². The number of benzene rings is 1. The summed E-state index contributed by atoms with van der Waals surface area (Å²) in [5, 5.41) is 1.60. The van der Waals surface area contributed by atoms with Gasteiger partial charge in [0.15, 0.2) is 0 Å². The van der Waals surface area contributed by atoms with Crippen molar-refractivity contribution >= 4 is 17.8 Å². The number of cyclic esters (lactones) is 1. The van der Waals surface area contributed by atoms with E-state index in [1.807, 2.05) is 0 Å². The van der Waals surface area contributed by atoms with Gasteiger partial charge in [-0.05, 0) is 19.1 Å². The number of methoxy groups -OCH3 is 1. The van der Waals surface area contributed by atoms with Crippen LogP contribution in [0.25, 0.3) is 0 Å². The number of nitrogens with one attached hydrogen (secondary N) is 1. The smallest absolute Gasteiger partial charge is 0.427 e. The number of hydrogen-bond donors (Lipinski definition) is 1. The van der Waals surface area contributed by atoms with Crippen molar-refractivity contribution in [1.29, 1.82) is 0 Å². The maximum atomic E-state index is 13.7. The number of halogens is 3. The zero-order valence-corrected chi connectivity index (χ0v) is 12.6. The molecule has 128 valence electrons. The number of carbonyl (C=O) groups is 3. The van der Waals surface area contributed by atoms with E-state index in [9.17, 15) is 27.6 Å². The van der Waals surface area contributed by atoms with Crippen LogP contribution in [0.15, 0.2) is 41.7 Å². The maximum absolute atomic E-state index is 13.7. The monoisotopic (exact) mass is 343 g/mol. The van der Waals surface area contributed by atoms with Crippen LogP contribution in [-0.2, 0) is 19.1 Å². The first-order valence-corrected chi connectivity index (χ1v) is 6.61. The van der Waals surface area contributed by atoms with Gasteiger partial charge in [-0.1, -0.05) is 18.2 Å². The SMILES string of the molecule is COC(=O)C1=C(C)OC(=O)[C@]1(NC(=O)c1ccccc1)C(F)(F)F. The highest BCUT2D eigenvalue weighted by Crippen LogP contribution is 2.43. The third kappa shape index (κ3) is 2.61. The Kier molecular flexibility index (Phi) is 4.37. The summed E-state index contributed by atoms with van der Waals surface area (Å²) in [6.45, 7) is 1.01. The molecule has 0 radical (unpaired) electrons. The summed E-state index contributed by atoms with van der Waals surface area (Å²) in [4.78, 5) is 35.9. The molecule has 0 unspecified atom stereocenters. The minimum Gasteiger partial charge on any atom is -0.465 e. The number of allylic oxidation sites excluding steroid dienone is 1. The highest BCUT2D eigenvalue weighted by molar-refractivity contribution is 6.09. The molecule has 1 aliphatic rings. The number of ether oxygens (including phenoxy) is 2. The predicted octanol–water partition coefficient (Wildman–Crippen LogP) is 1.72. The predicted molar refractivity (Wildman–Crippen MR) is 73.5 cm³/mol. The second-order valence-electron chi connectivity index (χ2n) is 4.88. The first kappa shape index (κ1) is 17.5. The zero-order valence-electron chi connectivity index (χ0n) is 12.6. The minimum atomic E-state index is -5.32. The largest absolute Gasteiger partial charge is 0.465 e. The van der Waals surface area contributed by atoms with Gasteiger partial charge in [0.05, 0.1) is 7.11 Å². The summed E-state index contributed by atoms with van der Waals surface area (Å²) in [5.74, 6) is -5.03. The second kappa shape index (κ2) is 5.99. The summed E-state index contributed by atoms with van der Waals surface area (Å²) in [7, 11) is 0.853. The van der Waals surface area contributed by atoms with Crippen molar-refractivity contribution in [3.63, 3.8) is 0 Å². The molecule has 24 heavy (non-hydrogen) atoms. The third-order valence-electron chi connectivity index (χ3n) is 3.43. The van der Waals surface area contributed by atoms with Crippen LogP contribution in [0.4, 0.5) is 13.2 Å². The first-order chi connectivity index (χ1) is 11.1. The van der Waals surface area contributed by atoms with E-state index in [1.54, 1.807) is 11.4 Å². The number of alkyl halides is 3. The summed E-state index contributed by atoms with van der Waals surface area (Å²) in [6, 6.07) is 6.95.